The Balaban J connectivity index is 2.14. The van der Waals surface area contributed by atoms with Crippen LogP contribution in [0, 0.1) is 10.1 Å². The maximum Gasteiger partial charge on any atom is 0.333 e. The molecule has 0 aliphatic carbocycles. The number of nitrogens with one attached hydrogen (secondary N) is 1. The van der Waals surface area contributed by atoms with Gasteiger partial charge < -0.3 is 10.2 Å². The zero-order valence-corrected chi connectivity index (χ0v) is 13.1. The Kier molecular flexibility index (Phi) is 5.17. The fourth-order valence-electron chi connectivity index (χ4n) is 2.91. The second-order valence-electron chi connectivity index (χ2n) is 5.63. The van der Waals surface area contributed by atoms with Gasteiger partial charge in [-0.15, -0.1) is 0 Å². The van der Waals surface area contributed by atoms with Crippen LogP contribution in [-0.2, 0) is 13.5 Å². The second-order valence-corrected chi connectivity index (χ2v) is 5.63. The highest BCUT2D eigenvalue weighted by atomic mass is 16.6. The summed E-state index contributed by atoms with van der Waals surface area (Å²) in [6.07, 6.45) is 3.52. The molecule has 1 aromatic heterocycles. The third-order valence-electron chi connectivity index (χ3n) is 4.14. The molecule has 2 heterocycles. The van der Waals surface area contributed by atoms with Crippen LogP contribution in [-0.4, -0.2) is 45.3 Å². The van der Waals surface area contributed by atoms with Crippen molar-refractivity contribution in [3.63, 3.8) is 0 Å². The lowest BCUT2D eigenvalue weighted by Gasteiger charge is -2.31. The zero-order valence-electron chi connectivity index (χ0n) is 13.1. The molecule has 0 amide bonds. The molecule has 7 nitrogen and oxygen atoms in total. The first-order valence-electron chi connectivity index (χ1n) is 7.75. The average molecular weight is 295 g/mol. The number of likely N-dealkylation sites (tertiary alicyclic amines) is 1. The van der Waals surface area contributed by atoms with Crippen LogP contribution in [0.25, 0.3) is 0 Å². The lowest BCUT2D eigenvalue weighted by molar-refractivity contribution is -0.384. The van der Waals surface area contributed by atoms with Gasteiger partial charge in [-0.25, -0.2) is 4.68 Å². The molecule has 1 fully saturated rings. The second kappa shape index (κ2) is 6.89. The lowest BCUT2D eigenvalue weighted by atomic mass is 10.1. The van der Waals surface area contributed by atoms with E-state index >= 15 is 0 Å². The predicted octanol–water partition coefficient (Wildman–Crippen LogP) is 2.18. The van der Waals surface area contributed by atoms with Crippen molar-refractivity contribution in [1.82, 2.24) is 14.7 Å². The van der Waals surface area contributed by atoms with Gasteiger partial charge in [0.25, 0.3) is 0 Å². The molecular weight excluding hydrogens is 270 g/mol. The number of nitro groups is 1. The molecule has 0 spiro atoms. The van der Waals surface area contributed by atoms with E-state index in [4.69, 9.17) is 0 Å². The fraction of sp³-hybridized carbons (Fsp3) is 0.786. The summed E-state index contributed by atoms with van der Waals surface area (Å²) < 4.78 is 1.62. The minimum absolute atomic E-state index is 0.150. The van der Waals surface area contributed by atoms with Gasteiger partial charge >= 0.3 is 5.69 Å². The summed E-state index contributed by atoms with van der Waals surface area (Å²) in [5.41, 5.74) is 0.732. The van der Waals surface area contributed by atoms with E-state index in [0.29, 0.717) is 17.9 Å². The molecule has 1 N–H and O–H groups in total. The maximum atomic E-state index is 11.4. The molecule has 0 aromatic carbocycles. The van der Waals surface area contributed by atoms with Crippen molar-refractivity contribution < 1.29 is 4.92 Å². The Bertz CT molecular complexity index is 492. The highest BCUT2D eigenvalue weighted by molar-refractivity contribution is 5.60. The average Bonchev–Trinajstić information content (AvgIpc) is 2.76. The van der Waals surface area contributed by atoms with E-state index < -0.39 is 0 Å². The molecule has 21 heavy (non-hydrogen) atoms. The summed E-state index contributed by atoms with van der Waals surface area (Å²) >= 11 is 0. The van der Waals surface area contributed by atoms with Crippen LogP contribution in [0.2, 0.25) is 0 Å². The molecule has 0 radical (unpaired) electrons. The smallest absolute Gasteiger partial charge is 0.333 e. The Hall–Kier alpha value is -1.63. The van der Waals surface area contributed by atoms with Crippen LogP contribution in [0.5, 0.6) is 0 Å². The van der Waals surface area contributed by atoms with Gasteiger partial charge in [0.15, 0.2) is 0 Å². The van der Waals surface area contributed by atoms with E-state index in [2.05, 4.69) is 22.2 Å². The van der Waals surface area contributed by atoms with Crippen LogP contribution >= 0.6 is 0 Å². The number of piperidine rings is 1. The number of hydrogen-bond donors (Lipinski definition) is 1. The summed E-state index contributed by atoms with van der Waals surface area (Å²) in [4.78, 5) is 13.5. The van der Waals surface area contributed by atoms with Crippen molar-refractivity contribution in [3.8, 4) is 0 Å². The van der Waals surface area contributed by atoms with Gasteiger partial charge in [0.1, 0.15) is 5.69 Å². The van der Waals surface area contributed by atoms with Crippen LogP contribution in [0.3, 0.4) is 0 Å². The highest BCUT2D eigenvalue weighted by Crippen LogP contribution is 2.30. The third kappa shape index (κ3) is 3.53. The van der Waals surface area contributed by atoms with Crippen molar-refractivity contribution in [2.24, 2.45) is 7.05 Å². The quantitative estimate of drug-likeness (QED) is 0.643. The minimum Gasteiger partial charge on any atom is -0.362 e. The lowest BCUT2D eigenvalue weighted by Crippen LogP contribution is -2.39. The molecule has 0 saturated carbocycles. The first kappa shape index (κ1) is 15.8. The monoisotopic (exact) mass is 295 g/mol. The fourth-order valence-corrected chi connectivity index (χ4v) is 2.91. The van der Waals surface area contributed by atoms with Crippen LogP contribution in [0.4, 0.5) is 11.5 Å². The Morgan fingerprint density at radius 2 is 2.05 bits per heavy atom. The Labute approximate surface area is 125 Å². The summed E-state index contributed by atoms with van der Waals surface area (Å²) in [6, 6.07) is 0.288. The largest absolute Gasteiger partial charge is 0.362 e. The first-order valence-corrected chi connectivity index (χ1v) is 7.75. The standard InChI is InChI=1S/C14H25N5O2/c1-4-6-12-13(19(20)21)14(17(3)16-12)15-11-7-9-18(5-2)10-8-11/h11,15H,4-10H2,1-3H3. The number of aromatic nitrogens is 2. The number of rotatable bonds is 6. The zero-order chi connectivity index (χ0) is 15.4. The molecule has 1 saturated heterocycles. The molecule has 2 rings (SSSR count). The van der Waals surface area contributed by atoms with Crippen molar-refractivity contribution in [1.29, 1.82) is 0 Å². The van der Waals surface area contributed by atoms with E-state index in [1.54, 1.807) is 11.7 Å². The molecule has 1 aliphatic rings. The predicted molar refractivity (Wildman–Crippen MR) is 82.6 cm³/mol. The molecule has 118 valence electrons. The van der Waals surface area contributed by atoms with Gasteiger partial charge in [-0.1, -0.05) is 20.3 Å². The molecule has 0 atom stereocenters. The summed E-state index contributed by atoms with van der Waals surface area (Å²) in [5.74, 6) is 0.554. The van der Waals surface area contributed by atoms with E-state index in [1.165, 1.54) is 0 Å². The first-order chi connectivity index (χ1) is 10.1. The number of hydrogen-bond acceptors (Lipinski definition) is 5. The summed E-state index contributed by atoms with van der Waals surface area (Å²) in [6.45, 7) is 7.32. The molecule has 0 unspecified atom stereocenters. The molecule has 0 bridgehead atoms. The van der Waals surface area contributed by atoms with Crippen LogP contribution < -0.4 is 5.32 Å². The van der Waals surface area contributed by atoms with Gasteiger partial charge in [-0.05, 0) is 25.8 Å². The topological polar surface area (TPSA) is 76.2 Å². The normalized spacial score (nSPS) is 17.1. The van der Waals surface area contributed by atoms with E-state index in [0.717, 1.165) is 38.9 Å². The summed E-state index contributed by atoms with van der Waals surface area (Å²) in [7, 11) is 1.77. The van der Waals surface area contributed by atoms with Crippen LogP contribution in [0.1, 0.15) is 38.8 Å². The van der Waals surface area contributed by atoms with Crippen molar-refractivity contribution >= 4 is 11.5 Å². The maximum absolute atomic E-state index is 11.4. The highest BCUT2D eigenvalue weighted by Gasteiger charge is 2.28. The third-order valence-corrected chi connectivity index (χ3v) is 4.14. The van der Waals surface area contributed by atoms with E-state index in [9.17, 15) is 10.1 Å². The Morgan fingerprint density at radius 3 is 2.57 bits per heavy atom. The van der Waals surface area contributed by atoms with Crippen molar-refractivity contribution in [2.45, 2.75) is 45.6 Å². The van der Waals surface area contributed by atoms with Gasteiger partial charge in [-0.2, -0.15) is 5.10 Å². The summed E-state index contributed by atoms with van der Waals surface area (Å²) in [5, 5.41) is 19.0. The number of aryl methyl sites for hydroxylation is 2. The van der Waals surface area contributed by atoms with Gasteiger partial charge in [-0.3, -0.25) is 10.1 Å². The van der Waals surface area contributed by atoms with Crippen molar-refractivity contribution in [3.05, 3.63) is 15.8 Å². The number of anilines is 1. The Morgan fingerprint density at radius 1 is 1.38 bits per heavy atom. The van der Waals surface area contributed by atoms with Crippen LogP contribution in [0.15, 0.2) is 0 Å². The molecule has 7 heteroatoms. The van der Waals surface area contributed by atoms with Crippen molar-refractivity contribution in [2.75, 3.05) is 25.0 Å². The van der Waals surface area contributed by atoms with Gasteiger partial charge in [0.05, 0.1) is 4.92 Å². The molecule has 1 aliphatic heterocycles. The SMILES string of the molecule is CCCc1nn(C)c(NC2CCN(CC)CC2)c1[N+](=O)[O-]. The minimum atomic E-state index is -0.304. The van der Waals surface area contributed by atoms with Gasteiger partial charge in [0, 0.05) is 26.2 Å². The van der Waals surface area contributed by atoms with E-state index in [-0.39, 0.29) is 16.7 Å². The molecular formula is C14H25N5O2. The number of nitrogens with zero attached hydrogens (tertiary/aromatic N) is 4. The molecule has 1 aromatic rings. The van der Waals surface area contributed by atoms with Gasteiger partial charge in [0.2, 0.25) is 5.82 Å². The van der Waals surface area contributed by atoms with E-state index in [1.807, 2.05) is 6.92 Å².